The summed E-state index contributed by atoms with van der Waals surface area (Å²) in [7, 11) is 0. The van der Waals surface area contributed by atoms with Crippen LogP contribution >= 0.6 is 0 Å². The summed E-state index contributed by atoms with van der Waals surface area (Å²) in [4.78, 5) is 3.94. The molecule has 2 rings (SSSR count). The SMILES string of the molecule is CC1(CC(F)(F)F)N=C1c1ccccc1. The van der Waals surface area contributed by atoms with Crippen LogP contribution < -0.4 is 0 Å². The molecule has 0 amide bonds. The normalized spacial score (nSPS) is 24.9. The van der Waals surface area contributed by atoms with Crippen molar-refractivity contribution in [1.82, 2.24) is 0 Å². The van der Waals surface area contributed by atoms with Gasteiger partial charge in [-0.3, -0.25) is 4.99 Å². The van der Waals surface area contributed by atoms with Crippen molar-refractivity contribution in [2.24, 2.45) is 4.99 Å². The molecule has 1 atom stereocenters. The zero-order valence-corrected chi connectivity index (χ0v) is 8.17. The van der Waals surface area contributed by atoms with Crippen LogP contribution in [0.5, 0.6) is 0 Å². The molecule has 4 heteroatoms. The van der Waals surface area contributed by atoms with Crippen LogP contribution in [0.2, 0.25) is 0 Å². The molecule has 0 saturated carbocycles. The summed E-state index contributed by atoms with van der Waals surface area (Å²) in [6.45, 7) is 1.52. The number of halogens is 3. The smallest absolute Gasteiger partial charge is 0.273 e. The summed E-state index contributed by atoms with van der Waals surface area (Å²) in [5, 5.41) is 0. The first kappa shape index (κ1) is 10.2. The number of benzene rings is 1. The molecule has 1 aromatic rings. The Kier molecular flexibility index (Phi) is 2.10. The highest BCUT2D eigenvalue weighted by molar-refractivity contribution is 6.16. The number of nitrogens with zero attached hydrogens (tertiary/aromatic N) is 1. The van der Waals surface area contributed by atoms with Gasteiger partial charge < -0.3 is 0 Å². The first-order valence-electron chi connectivity index (χ1n) is 4.63. The summed E-state index contributed by atoms with van der Waals surface area (Å²) in [6.07, 6.45) is -5.03. The van der Waals surface area contributed by atoms with E-state index < -0.39 is 18.1 Å². The molecular formula is C11H10F3N. The largest absolute Gasteiger partial charge is 0.391 e. The van der Waals surface area contributed by atoms with Gasteiger partial charge in [-0.25, -0.2) is 0 Å². The first-order chi connectivity index (χ1) is 6.91. The van der Waals surface area contributed by atoms with Crippen molar-refractivity contribution in [3.8, 4) is 0 Å². The van der Waals surface area contributed by atoms with Gasteiger partial charge in [0.25, 0.3) is 0 Å². The van der Waals surface area contributed by atoms with E-state index in [1.807, 2.05) is 6.07 Å². The predicted octanol–water partition coefficient (Wildman–Crippen LogP) is 3.20. The van der Waals surface area contributed by atoms with Gasteiger partial charge in [-0.05, 0) is 12.5 Å². The van der Waals surface area contributed by atoms with Crippen LogP contribution in [-0.2, 0) is 0 Å². The van der Waals surface area contributed by atoms with Gasteiger partial charge in [0.2, 0.25) is 0 Å². The Morgan fingerprint density at radius 1 is 1.20 bits per heavy atom. The summed E-state index contributed by atoms with van der Waals surface area (Å²) >= 11 is 0. The molecule has 1 aliphatic rings. The van der Waals surface area contributed by atoms with E-state index in [-0.39, 0.29) is 0 Å². The summed E-state index contributed by atoms with van der Waals surface area (Å²) in [5.41, 5.74) is 0.309. The van der Waals surface area contributed by atoms with Gasteiger partial charge in [-0.2, -0.15) is 13.2 Å². The lowest BCUT2D eigenvalue weighted by Crippen LogP contribution is -2.24. The summed E-state index contributed by atoms with van der Waals surface area (Å²) < 4.78 is 36.6. The van der Waals surface area contributed by atoms with Gasteiger partial charge in [0.05, 0.1) is 12.1 Å². The van der Waals surface area contributed by atoms with Crippen molar-refractivity contribution >= 4 is 5.71 Å². The monoisotopic (exact) mass is 213 g/mol. The molecule has 0 spiro atoms. The molecule has 0 fully saturated rings. The molecule has 0 bridgehead atoms. The van der Waals surface area contributed by atoms with E-state index in [0.29, 0.717) is 5.71 Å². The number of hydrogen-bond acceptors (Lipinski definition) is 1. The quantitative estimate of drug-likeness (QED) is 0.715. The number of alkyl halides is 3. The standard InChI is InChI=1S/C11H10F3N/c1-10(7-11(12,13)14)9(15-10)8-5-3-2-4-6-8/h2-6H,7H2,1H3. The van der Waals surface area contributed by atoms with Gasteiger partial charge >= 0.3 is 6.18 Å². The summed E-state index contributed by atoms with van der Waals surface area (Å²) in [6, 6.07) is 8.98. The maximum absolute atomic E-state index is 12.2. The highest BCUT2D eigenvalue weighted by atomic mass is 19.4. The Morgan fingerprint density at radius 3 is 2.33 bits per heavy atom. The van der Waals surface area contributed by atoms with E-state index in [1.165, 1.54) is 6.92 Å². The Labute approximate surface area is 85.6 Å². The van der Waals surface area contributed by atoms with Gasteiger partial charge in [0, 0.05) is 0 Å². The van der Waals surface area contributed by atoms with Gasteiger partial charge in [0.1, 0.15) is 5.54 Å². The molecule has 0 N–H and O–H groups in total. The molecule has 1 aromatic carbocycles. The van der Waals surface area contributed by atoms with E-state index in [2.05, 4.69) is 4.99 Å². The number of aliphatic imine (C=N–C) groups is 1. The fourth-order valence-electron chi connectivity index (χ4n) is 1.70. The van der Waals surface area contributed by atoms with Crippen LogP contribution in [0, 0.1) is 0 Å². The second-order valence-electron chi connectivity index (χ2n) is 3.89. The highest BCUT2D eigenvalue weighted by Gasteiger charge is 2.50. The predicted molar refractivity (Wildman–Crippen MR) is 52.1 cm³/mol. The fraction of sp³-hybridized carbons (Fsp3) is 0.364. The second-order valence-corrected chi connectivity index (χ2v) is 3.89. The topological polar surface area (TPSA) is 12.4 Å². The zero-order valence-electron chi connectivity index (χ0n) is 8.17. The Hall–Kier alpha value is -1.32. The Morgan fingerprint density at radius 2 is 1.80 bits per heavy atom. The van der Waals surface area contributed by atoms with Crippen LogP contribution in [0.1, 0.15) is 18.9 Å². The Balaban J connectivity index is 2.09. The molecular weight excluding hydrogens is 203 g/mol. The molecule has 1 unspecified atom stereocenters. The number of rotatable bonds is 2. The lowest BCUT2D eigenvalue weighted by Gasteiger charge is -2.11. The highest BCUT2D eigenvalue weighted by Crippen LogP contribution is 2.41. The van der Waals surface area contributed by atoms with Crippen molar-refractivity contribution in [3.63, 3.8) is 0 Å². The third-order valence-corrected chi connectivity index (χ3v) is 2.41. The van der Waals surface area contributed by atoms with Crippen molar-refractivity contribution in [3.05, 3.63) is 35.9 Å². The maximum atomic E-state index is 12.2. The fourth-order valence-corrected chi connectivity index (χ4v) is 1.70. The third-order valence-electron chi connectivity index (χ3n) is 2.41. The van der Waals surface area contributed by atoms with Gasteiger partial charge in [-0.1, -0.05) is 30.3 Å². The van der Waals surface area contributed by atoms with E-state index in [9.17, 15) is 13.2 Å². The van der Waals surface area contributed by atoms with Crippen molar-refractivity contribution in [2.45, 2.75) is 25.1 Å². The average Bonchev–Trinajstić information content (AvgIpc) is 2.75. The molecule has 1 nitrogen and oxygen atoms in total. The van der Waals surface area contributed by atoms with E-state index in [0.717, 1.165) is 5.56 Å². The first-order valence-corrected chi connectivity index (χ1v) is 4.63. The number of hydrogen-bond donors (Lipinski definition) is 0. The second kappa shape index (κ2) is 3.08. The molecule has 1 aliphatic heterocycles. The van der Waals surface area contributed by atoms with Crippen LogP contribution in [0.25, 0.3) is 0 Å². The van der Waals surface area contributed by atoms with Crippen LogP contribution in [-0.4, -0.2) is 17.4 Å². The molecule has 0 aromatic heterocycles. The lowest BCUT2D eigenvalue weighted by molar-refractivity contribution is -0.138. The molecule has 0 aliphatic carbocycles. The van der Waals surface area contributed by atoms with Crippen molar-refractivity contribution in [2.75, 3.05) is 0 Å². The maximum Gasteiger partial charge on any atom is 0.391 e. The lowest BCUT2D eigenvalue weighted by atomic mass is 9.97. The summed E-state index contributed by atoms with van der Waals surface area (Å²) in [5.74, 6) is 0. The minimum atomic E-state index is -4.16. The molecule has 1 heterocycles. The van der Waals surface area contributed by atoms with Crippen molar-refractivity contribution < 1.29 is 13.2 Å². The van der Waals surface area contributed by atoms with E-state index >= 15 is 0 Å². The molecule has 0 radical (unpaired) electrons. The minimum Gasteiger partial charge on any atom is -0.273 e. The van der Waals surface area contributed by atoms with E-state index in [4.69, 9.17) is 0 Å². The molecule has 0 saturated heterocycles. The Bertz CT molecular complexity index is 394. The van der Waals surface area contributed by atoms with Crippen LogP contribution in [0.3, 0.4) is 0 Å². The third kappa shape index (κ3) is 2.19. The van der Waals surface area contributed by atoms with Gasteiger partial charge in [0.15, 0.2) is 0 Å². The van der Waals surface area contributed by atoms with E-state index in [1.54, 1.807) is 24.3 Å². The molecule has 80 valence electrons. The zero-order chi connectivity index (χ0) is 11.1. The average molecular weight is 213 g/mol. The van der Waals surface area contributed by atoms with Gasteiger partial charge in [-0.15, -0.1) is 0 Å². The molecule has 15 heavy (non-hydrogen) atoms. The minimum absolute atomic E-state index is 0.556. The van der Waals surface area contributed by atoms with Crippen molar-refractivity contribution in [1.29, 1.82) is 0 Å². The van der Waals surface area contributed by atoms with Crippen LogP contribution in [0.4, 0.5) is 13.2 Å². The van der Waals surface area contributed by atoms with Crippen LogP contribution in [0.15, 0.2) is 35.3 Å².